The third-order valence-corrected chi connectivity index (χ3v) is 25.8. The fourth-order valence-corrected chi connectivity index (χ4v) is 19.6. The molecule has 0 saturated heterocycles. The van der Waals surface area contributed by atoms with Crippen LogP contribution in [0.4, 0.5) is 0 Å². The first-order chi connectivity index (χ1) is 15.1. The Balaban J connectivity index is 3.15. The van der Waals surface area contributed by atoms with E-state index >= 15 is 0 Å². The van der Waals surface area contributed by atoms with Crippen LogP contribution in [0.1, 0.15) is 80.1 Å². The van der Waals surface area contributed by atoms with E-state index in [0.717, 1.165) is 5.75 Å². The fourth-order valence-electron chi connectivity index (χ4n) is 3.90. The summed E-state index contributed by atoms with van der Waals surface area (Å²) in [5.74, 6) is 0.933. The first-order valence-electron chi connectivity index (χ1n) is 13.1. The van der Waals surface area contributed by atoms with Gasteiger partial charge in [0.25, 0.3) is 0 Å². The Hall–Kier alpha value is -0.264. The summed E-state index contributed by atoms with van der Waals surface area (Å²) in [6, 6.07) is 10.2. The summed E-state index contributed by atoms with van der Waals surface area (Å²) >= 11 is -2.35. The van der Waals surface area contributed by atoms with Crippen molar-refractivity contribution in [2.24, 2.45) is 0 Å². The van der Waals surface area contributed by atoms with Crippen molar-refractivity contribution in [2.75, 3.05) is 6.61 Å². The summed E-state index contributed by atoms with van der Waals surface area (Å²) in [6.45, 7) is 19.3. The molecule has 32 heavy (non-hydrogen) atoms. The molecule has 0 bridgehead atoms. The Bertz CT molecular complexity index is 615. The first-order valence-corrected chi connectivity index (χ1v) is 23.7. The number of unbranched alkanes of at least 4 members (excludes halogenated alkanes) is 3. The van der Waals surface area contributed by atoms with Gasteiger partial charge in [-0.05, 0) is 0 Å². The molecular formula is C28H52O2SiSn. The van der Waals surface area contributed by atoms with Gasteiger partial charge in [-0.1, -0.05) is 0 Å². The van der Waals surface area contributed by atoms with E-state index in [1.807, 2.05) is 30.3 Å². The van der Waals surface area contributed by atoms with Crippen molar-refractivity contribution in [1.29, 1.82) is 0 Å². The zero-order valence-electron chi connectivity index (χ0n) is 22.5. The number of hydrogen-bond acceptors (Lipinski definition) is 2. The molecule has 0 radical (unpaired) electrons. The molecule has 184 valence electrons. The van der Waals surface area contributed by atoms with Crippen LogP contribution in [0.15, 0.2) is 40.5 Å². The van der Waals surface area contributed by atoms with E-state index in [2.05, 4.69) is 64.8 Å². The minimum atomic E-state index is -2.35. The number of rotatable bonds is 16. The molecule has 0 heterocycles. The molecule has 0 N–H and O–H groups in total. The van der Waals surface area contributed by atoms with Gasteiger partial charge in [0.2, 0.25) is 0 Å². The monoisotopic (exact) mass is 568 g/mol. The maximum atomic E-state index is 6.89. The van der Waals surface area contributed by atoms with Gasteiger partial charge < -0.3 is 0 Å². The van der Waals surface area contributed by atoms with Crippen molar-refractivity contribution in [3.63, 3.8) is 0 Å². The van der Waals surface area contributed by atoms with Crippen LogP contribution in [0.3, 0.4) is 0 Å². The summed E-state index contributed by atoms with van der Waals surface area (Å²) in [5, 5.41) is 0.193. The van der Waals surface area contributed by atoms with Crippen LogP contribution in [0.5, 0.6) is 5.75 Å². The molecule has 2 nitrogen and oxygen atoms in total. The average Bonchev–Trinajstić information content (AvgIpc) is 2.76. The van der Waals surface area contributed by atoms with E-state index in [1.165, 1.54) is 51.8 Å². The summed E-state index contributed by atoms with van der Waals surface area (Å²) in [7, 11) is -1.89. The average molecular weight is 568 g/mol. The van der Waals surface area contributed by atoms with Crippen molar-refractivity contribution in [3.05, 3.63) is 40.5 Å². The Morgan fingerprint density at radius 1 is 0.875 bits per heavy atom. The van der Waals surface area contributed by atoms with E-state index < -0.39 is 26.7 Å². The number of ether oxygens (including phenoxy) is 1. The van der Waals surface area contributed by atoms with Crippen LogP contribution in [0.2, 0.25) is 31.4 Å². The van der Waals surface area contributed by atoms with Crippen LogP contribution in [-0.4, -0.2) is 39.4 Å². The van der Waals surface area contributed by atoms with Crippen LogP contribution >= 0.6 is 0 Å². The first kappa shape index (κ1) is 29.8. The standard InChI is InChI=1S/C16H25O2Si.3C4H9.Sn/c1-7-14(18-19(5,6)16(2,3)4)13-17-15-11-9-8-10-12-15;3*1-3-4-2;/h1,7-12,14H,13H2,2-6H3;3*1,3-4H2,2H3;/t14-;;;;/m1..../s1. The van der Waals surface area contributed by atoms with E-state index in [-0.39, 0.29) is 11.1 Å². The van der Waals surface area contributed by atoms with Gasteiger partial charge in [-0.2, -0.15) is 0 Å². The number of hydrogen-bond donors (Lipinski definition) is 0. The quantitative estimate of drug-likeness (QED) is 0.185. The SMILES string of the molecule is CCC[CH2][Sn]([CH]=C[C@H](COc1ccccc1)O[Si](C)(C)C(C)(C)C)([CH2]CCC)[CH2]CCC. The van der Waals surface area contributed by atoms with Crippen LogP contribution in [0, 0.1) is 0 Å². The fraction of sp³-hybridized carbons (Fsp3) is 0.714. The van der Waals surface area contributed by atoms with Gasteiger partial charge in [0, 0.05) is 0 Å². The Kier molecular flexibility index (Phi) is 13.8. The second-order valence-electron chi connectivity index (χ2n) is 11.1. The van der Waals surface area contributed by atoms with Gasteiger partial charge in [-0.3, -0.25) is 0 Å². The van der Waals surface area contributed by atoms with Crippen molar-refractivity contribution in [2.45, 2.75) is 118 Å². The Morgan fingerprint density at radius 2 is 1.38 bits per heavy atom. The number of para-hydroxylation sites is 1. The maximum absolute atomic E-state index is 6.89. The van der Waals surface area contributed by atoms with Gasteiger partial charge in [-0.15, -0.1) is 0 Å². The molecule has 0 aliphatic rings. The second-order valence-corrected chi connectivity index (χ2v) is 28.8. The van der Waals surface area contributed by atoms with Gasteiger partial charge in [0.15, 0.2) is 0 Å². The molecule has 0 aliphatic carbocycles. The van der Waals surface area contributed by atoms with Crippen molar-refractivity contribution in [1.82, 2.24) is 0 Å². The topological polar surface area (TPSA) is 18.5 Å². The van der Waals surface area contributed by atoms with E-state index in [9.17, 15) is 0 Å². The molecule has 0 aliphatic heterocycles. The third-order valence-electron chi connectivity index (χ3n) is 7.16. The van der Waals surface area contributed by atoms with Crippen molar-refractivity contribution in [3.8, 4) is 5.75 Å². The predicted octanol–water partition coefficient (Wildman–Crippen LogP) is 9.40. The minimum absolute atomic E-state index is 0.0389. The molecule has 1 rings (SSSR count). The Labute approximate surface area is 205 Å². The van der Waals surface area contributed by atoms with Crippen molar-refractivity contribution >= 4 is 26.7 Å². The van der Waals surface area contributed by atoms with Gasteiger partial charge in [0.1, 0.15) is 0 Å². The van der Waals surface area contributed by atoms with E-state index in [4.69, 9.17) is 9.16 Å². The molecule has 0 unspecified atom stereocenters. The summed E-state index contributed by atoms with van der Waals surface area (Å²) in [5.41, 5.74) is 0. The Morgan fingerprint density at radius 3 is 1.81 bits per heavy atom. The zero-order chi connectivity index (χ0) is 24.1. The molecule has 1 aromatic rings. The molecule has 0 fully saturated rings. The van der Waals surface area contributed by atoms with Gasteiger partial charge >= 0.3 is 206 Å². The van der Waals surface area contributed by atoms with Crippen LogP contribution in [-0.2, 0) is 4.43 Å². The van der Waals surface area contributed by atoms with E-state index in [0.29, 0.717) is 6.61 Å². The molecule has 0 spiro atoms. The zero-order valence-corrected chi connectivity index (χ0v) is 26.4. The predicted molar refractivity (Wildman–Crippen MR) is 148 cm³/mol. The molecule has 0 saturated carbocycles. The molecule has 0 aromatic heterocycles. The van der Waals surface area contributed by atoms with Gasteiger partial charge in [-0.25, -0.2) is 0 Å². The van der Waals surface area contributed by atoms with Gasteiger partial charge in [0.05, 0.1) is 0 Å². The van der Waals surface area contributed by atoms with E-state index in [1.54, 1.807) is 0 Å². The second kappa shape index (κ2) is 14.9. The summed E-state index contributed by atoms with van der Waals surface area (Å²) < 4.78 is 20.3. The van der Waals surface area contributed by atoms with Crippen molar-refractivity contribution < 1.29 is 9.16 Å². The third kappa shape index (κ3) is 10.8. The van der Waals surface area contributed by atoms with Crippen LogP contribution < -0.4 is 4.74 Å². The normalized spacial score (nSPS) is 14.1. The summed E-state index contributed by atoms with van der Waals surface area (Å²) in [6.07, 6.45) is 10.6. The summed E-state index contributed by atoms with van der Waals surface area (Å²) in [4.78, 5) is 0. The molecule has 1 atom stereocenters. The molecule has 0 amide bonds. The molecule has 4 heteroatoms. The molecule has 1 aromatic carbocycles. The van der Waals surface area contributed by atoms with Crippen LogP contribution in [0.25, 0.3) is 0 Å². The number of benzene rings is 1. The molecular weight excluding hydrogens is 515 g/mol.